The number of ether oxygens (including phenoxy) is 2. The van der Waals surface area contributed by atoms with Gasteiger partial charge >= 0.3 is 0 Å². The molecule has 3 saturated carbocycles. The van der Waals surface area contributed by atoms with Crippen LogP contribution in [0.1, 0.15) is 72.1 Å². The van der Waals surface area contributed by atoms with Crippen LogP contribution >= 0.6 is 0 Å². The molecule has 0 aromatic heterocycles. The molecule has 4 aliphatic carbocycles. The van der Waals surface area contributed by atoms with Crippen LogP contribution in [-0.4, -0.2) is 58.2 Å². The van der Waals surface area contributed by atoms with Crippen LogP contribution in [0, 0.1) is 22.7 Å². The Morgan fingerprint density at radius 2 is 2.00 bits per heavy atom. The van der Waals surface area contributed by atoms with E-state index in [4.69, 9.17) is 9.47 Å². The summed E-state index contributed by atoms with van der Waals surface area (Å²) in [7, 11) is 0. The van der Waals surface area contributed by atoms with E-state index in [9.17, 15) is 19.8 Å². The summed E-state index contributed by atoms with van der Waals surface area (Å²) >= 11 is 0. The van der Waals surface area contributed by atoms with Gasteiger partial charge in [0.15, 0.2) is 17.7 Å². The molecule has 184 valence electrons. The molecule has 6 nitrogen and oxygen atoms in total. The Morgan fingerprint density at radius 1 is 1.27 bits per heavy atom. The fourth-order valence-corrected chi connectivity index (χ4v) is 8.35. The smallest absolute Gasteiger partial charge is 0.193 e. The molecule has 0 amide bonds. The van der Waals surface area contributed by atoms with Crippen molar-refractivity contribution in [1.29, 1.82) is 0 Å². The van der Waals surface area contributed by atoms with Crippen molar-refractivity contribution in [3.8, 4) is 0 Å². The molecular formula is C25H34F2O6. The molecule has 1 aliphatic heterocycles. The summed E-state index contributed by atoms with van der Waals surface area (Å²) in [5.41, 5.74) is -5.76. The second-order valence-corrected chi connectivity index (χ2v) is 11.3. The summed E-state index contributed by atoms with van der Waals surface area (Å²) in [4.78, 5) is 25.3. The van der Waals surface area contributed by atoms with Crippen molar-refractivity contribution in [3.63, 3.8) is 0 Å². The van der Waals surface area contributed by atoms with Crippen molar-refractivity contribution < 1.29 is 38.1 Å². The highest BCUT2D eigenvalue weighted by Gasteiger charge is 2.79. The number of aliphatic hydroxyl groups excluding tert-OH is 2. The lowest BCUT2D eigenvalue weighted by molar-refractivity contribution is -0.236. The Kier molecular flexibility index (Phi) is 5.27. The van der Waals surface area contributed by atoms with E-state index in [0.29, 0.717) is 12.8 Å². The van der Waals surface area contributed by atoms with Crippen LogP contribution in [-0.2, 0) is 19.1 Å². The van der Waals surface area contributed by atoms with Gasteiger partial charge in [-0.3, -0.25) is 9.59 Å². The number of alkyl halides is 1. The standard InChI is InChI=1S/C25H34F2O6/c1-4-5-21-32-20-10-14-15-9-17(26)16-8-13(29)6-7-22(16,2)24(15,27)18(30)11-23(14,3)25(20,33-21)19(31)12-28/h14-15,18,20-21,28,30H,4-12H2,1-3H3/t14?,15?,18?,20-,21?,22+,23+,24+,25-/m1/s1. The van der Waals surface area contributed by atoms with Gasteiger partial charge < -0.3 is 19.7 Å². The first-order chi connectivity index (χ1) is 15.5. The van der Waals surface area contributed by atoms with E-state index in [-0.39, 0.29) is 43.5 Å². The highest BCUT2D eigenvalue weighted by molar-refractivity contribution is 5.91. The number of rotatable bonds is 4. The normalized spacial score (nSPS) is 51.1. The lowest BCUT2D eigenvalue weighted by Gasteiger charge is -2.63. The van der Waals surface area contributed by atoms with E-state index in [1.165, 1.54) is 0 Å². The maximum absolute atomic E-state index is 17.2. The molecule has 8 heteroatoms. The number of carbonyl (C=O) groups excluding carboxylic acids is 2. The number of hydrogen-bond acceptors (Lipinski definition) is 6. The SMILES string of the molecule is CCCC1O[C@@H]2CC3C4CC(F)=C5CC(=O)CC[C@]5(C)[C@@]4(F)C(O)C[C@]3(C)[C@]2(C(=O)CO)O1. The van der Waals surface area contributed by atoms with Gasteiger partial charge in [0.1, 0.15) is 23.9 Å². The minimum Gasteiger partial charge on any atom is -0.390 e. The number of halogens is 2. The molecule has 5 rings (SSSR count). The number of hydrogen-bond donors (Lipinski definition) is 2. The van der Waals surface area contributed by atoms with Crippen molar-refractivity contribution >= 4 is 11.6 Å². The van der Waals surface area contributed by atoms with Crippen molar-refractivity contribution in [1.82, 2.24) is 0 Å². The van der Waals surface area contributed by atoms with E-state index in [1.807, 2.05) is 6.92 Å². The molecule has 0 bridgehead atoms. The van der Waals surface area contributed by atoms with Gasteiger partial charge in [-0.2, -0.15) is 0 Å². The first-order valence-corrected chi connectivity index (χ1v) is 12.2. The third kappa shape index (κ3) is 2.67. The van der Waals surface area contributed by atoms with Crippen molar-refractivity contribution in [2.24, 2.45) is 22.7 Å². The fourth-order valence-electron chi connectivity index (χ4n) is 8.35. The second kappa shape index (κ2) is 7.39. The highest BCUT2D eigenvalue weighted by atomic mass is 19.1. The van der Waals surface area contributed by atoms with E-state index >= 15 is 8.78 Å². The summed E-state index contributed by atoms with van der Waals surface area (Å²) < 4.78 is 45.1. The number of carbonyl (C=O) groups is 2. The Bertz CT molecular complexity index is 921. The molecule has 1 heterocycles. The maximum Gasteiger partial charge on any atom is 0.193 e. The van der Waals surface area contributed by atoms with Gasteiger partial charge in [0.05, 0.1) is 12.2 Å². The molecule has 4 unspecified atom stereocenters. The zero-order valence-electron chi connectivity index (χ0n) is 19.5. The maximum atomic E-state index is 17.2. The largest absolute Gasteiger partial charge is 0.390 e. The molecule has 33 heavy (non-hydrogen) atoms. The van der Waals surface area contributed by atoms with Crippen LogP contribution in [0.2, 0.25) is 0 Å². The molecule has 0 radical (unpaired) electrons. The molecule has 4 fully saturated rings. The summed E-state index contributed by atoms with van der Waals surface area (Å²) in [5.74, 6) is -2.49. The predicted molar refractivity (Wildman–Crippen MR) is 113 cm³/mol. The van der Waals surface area contributed by atoms with E-state index in [2.05, 4.69) is 0 Å². The van der Waals surface area contributed by atoms with Gasteiger partial charge in [-0.25, -0.2) is 8.78 Å². The van der Waals surface area contributed by atoms with Gasteiger partial charge in [-0.05, 0) is 37.2 Å². The van der Waals surface area contributed by atoms with Crippen LogP contribution in [0.3, 0.4) is 0 Å². The highest BCUT2D eigenvalue weighted by Crippen LogP contribution is 2.72. The van der Waals surface area contributed by atoms with E-state index in [1.54, 1.807) is 13.8 Å². The van der Waals surface area contributed by atoms with Crippen LogP contribution in [0.5, 0.6) is 0 Å². The van der Waals surface area contributed by atoms with Crippen LogP contribution in [0.25, 0.3) is 0 Å². The molecule has 5 aliphatic rings. The number of aliphatic hydroxyl groups is 2. The summed E-state index contributed by atoms with van der Waals surface area (Å²) in [6, 6.07) is 0. The van der Waals surface area contributed by atoms with Crippen LogP contribution in [0.15, 0.2) is 11.4 Å². The first kappa shape index (κ1) is 23.5. The topological polar surface area (TPSA) is 93.1 Å². The van der Waals surface area contributed by atoms with Gasteiger partial charge in [0.2, 0.25) is 0 Å². The molecule has 2 N–H and O–H groups in total. The van der Waals surface area contributed by atoms with E-state index in [0.717, 1.165) is 6.42 Å². The Balaban J connectivity index is 1.62. The molecule has 1 saturated heterocycles. The number of Topliss-reactive ketones (excluding diaryl/α,β-unsaturated/α-hetero) is 2. The lowest BCUT2D eigenvalue weighted by Crippen LogP contribution is -2.70. The molecule has 9 atom stereocenters. The van der Waals surface area contributed by atoms with Crippen molar-refractivity contribution in [3.05, 3.63) is 11.4 Å². The van der Waals surface area contributed by atoms with Crippen molar-refractivity contribution in [2.45, 2.75) is 102 Å². The van der Waals surface area contributed by atoms with Gasteiger partial charge in [0.25, 0.3) is 0 Å². The Hall–Kier alpha value is -1.22. The first-order valence-electron chi connectivity index (χ1n) is 12.2. The molecule has 0 aromatic carbocycles. The minimum absolute atomic E-state index is 0.0620. The molecule has 0 aromatic rings. The number of fused-ring (bicyclic) bond motifs is 7. The summed E-state index contributed by atoms with van der Waals surface area (Å²) in [5, 5.41) is 21.3. The zero-order valence-corrected chi connectivity index (χ0v) is 19.5. The molecular weight excluding hydrogens is 434 g/mol. The quantitative estimate of drug-likeness (QED) is 0.658. The average Bonchev–Trinajstić information content (AvgIpc) is 3.24. The average molecular weight is 469 g/mol. The number of ketones is 2. The summed E-state index contributed by atoms with van der Waals surface area (Å²) in [6.45, 7) is 4.66. The lowest BCUT2D eigenvalue weighted by atomic mass is 9.44. The van der Waals surface area contributed by atoms with Gasteiger partial charge in [0, 0.05) is 36.0 Å². The fraction of sp³-hybridized carbons (Fsp3) is 0.840. The zero-order chi connectivity index (χ0) is 24.0. The third-order valence-electron chi connectivity index (χ3n) is 9.95. The predicted octanol–water partition coefficient (Wildman–Crippen LogP) is 3.33. The minimum atomic E-state index is -2.13. The Morgan fingerprint density at radius 3 is 2.67 bits per heavy atom. The second-order valence-electron chi connectivity index (χ2n) is 11.3. The van der Waals surface area contributed by atoms with E-state index < -0.39 is 70.7 Å². The molecule has 0 spiro atoms. The monoisotopic (exact) mass is 468 g/mol. The van der Waals surface area contributed by atoms with Gasteiger partial charge in [-0.1, -0.05) is 27.2 Å². The van der Waals surface area contributed by atoms with Crippen LogP contribution < -0.4 is 0 Å². The Labute approximate surface area is 192 Å². The van der Waals surface area contributed by atoms with Crippen molar-refractivity contribution in [2.75, 3.05) is 6.61 Å². The number of allylic oxidation sites excluding steroid dienone is 2. The van der Waals surface area contributed by atoms with Crippen LogP contribution in [0.4, 0.5) is 8.78 Å². The third-order valence-corrected chi connectivity index (χ3v) is 9.95. The van der Waals surface area contributed by atoms with Gasteiger partial charge in [-0.15, -0.1) is 0 Å². The summed E-state index contributed by atoms with van der Waals surface area (Å²) in [6.07, 6.45) is -1.22.